The molecule has 2 aliphatic rings. The van der Waals surface area contributed by atoms with Gasteiger partial charge in [0.05, 0.1) is 11.5 Å². The Kier molecular flexibility index (Phi) is 6.89. The Hall–Kier alpha value is -3.03. The van der Waals surface area contributed by atoms with Crippen molar-refractivity contribution in [3.63, 3.8) is 0 Å². The lowest BCUT2D eigenvalue weighted by atomic mass is 10.1. The normalized spacial score (nSPS) is 21.1. The standard InChI is InChI=1S/C21H26O8/c1-5-20(6-2)26-16(22)14(17(23)27-20)12-10-9-11-13-15-18(24)28-21(7-3,8-4)29-19(15)25/h9-13,22H,5-8H2,1-4H3/p-1/b11-9+,12-10+. The van der Waals surface area contributed by atoms with Crippen LogP contribution < -0.4 is 5.11 Å². The van der Waals surface area contributed by atoms with Crippen LogP contribution in [0.2, 0.25) is 0 Å². The third-order valence-electron chi connectivity index (χ3n) is 4.90. The summed E-state index contributed by atoms with van der Waals surface area (Å²) in [4.78, 5) is 36.2. The maximum atomic E-state index is 12.1. The highest BCUT2D eigenvalue weighted by atomic mass is 16.8. The van der Waals surface area contributed by atoms with E-state index in [0.29, 0.717) is 25.7 Å². The van der Waals surface area contributed by atoms with Crippen LogP contribution in [0, 0.1) is 0 Å². The van der Waals surface area contributed by atoms with Crippen LogP contribution in [0.1, 0.15) is 53.4 Å². The van der Waals surface area contributed by atoms with E-state index >= 15 is 0 Å². The first-order valence-electron chi connectivity index (χ1n) is 9.60. The van der Waals surface area contributed by atoms with Gasteiger partial charge >= 0.3 is 17.9 Å². The van der Waals surface area contributed by atoms with Crippen molar-refractivity contribution < 1.29 is 38.4 Å². The zero-order valence-electron chi connectivity index (χ0n) is 17.0. The van der Waals surface area contributed by atoms with Gasteiger partial charge < -0.3 is 24.1 Å². The minimum Gasteiger partial charge on any atom is -0.574 e. The van der Waals surface area contributed by atoms with Crippen LogP contribution in [0.15, 0.2) is 47.5 Å². The molecule has 2 heterocycles. The number of hydrogen-bond acceptors (Lipinski definition) is 8. The Bertz CT molecular complexity index is 769. The van der Waals surface area contributed by atoms with Crippen molar-refractivity contribution in [2.75, 3.05) is 0 Å². The number of carbonyl (C=O) groups is 3. The number of rotatable bonds is 7. The number of ether oxygens (including phenoxy) is 4. The SMILES string of the molecule is CCC1(CC)OC(=O)C(=C/C=C/C=C/C2=C([O-])OC(CC)(CC)OC2=O)C(=O)O1. The van der Waals surface area contributed by atoms with Crippen LogP contribution >= 0.6 is 0 Å². The van der Waals surface area contributed by atoms with E-state index in [1.165, 1.54) is 30.4 Å². The Morgan fingerprint density at radius 1 is 0.724 bits per heavy atom. The van der Waals surface area contributed by atoms with Crippen LogP contribution in [-0.2, 0) is 33.3 Å². The molecule has 0 bridgehead atoms. The molecule has 0 aromatic carbocycles. The van der Waals surface area contributed by atoms with Gasteiger partial charge in [-0.2, -0.15) is 0 Å². The zero-order chi connectivity index (χ0) is 21.7. The van der Waals surface area contributed by atoms with Gasteiger partial charge in [-0.3, -0.25) is 0 Å². The molecule has 29 heavy (non-hydrogen) atoms. The summed E-state index contributed by atoms with van der Waals surface area (Å²) >= 11 is 0. The summed E-state index contributed by atoms with van der Waals surface area (Å²) in [6, 6.07) is 0. The van der Waals surface area contributed by atoms with Gasteiger partial charge in [0.25, 0.3) is 5.79 Å². The molecule has 0 atom stereocenters. The fourth-order valence-electron chi connectivity index (χ4n) is 2.82. The summed E-state index contributed by atoms with van der Waals surface area (Å²) in [7, 11) is 0. The van der Waals surface area contributed by atoms with Crippen molar-refractivity contribution in [3.05, 3.63) is 47.5 Å². The molecule has 0 saturated carbocycles. The molecule has 0 spiro atoms. The van der Waals surface area contributed by atoms with Crippen molar-refractivity contribution in [2.24, 2.45) is 0 Å². The summed E-state index contributed by atoms with van der Waals surface area (Å²) in [5.41, 5.74) is -0.487. The summed E-state index contributed by atoms with van der Waals surface area (Å²) in [6.45, 7) is 7.03. The molecule has 0 aliphatic carbocycles. The van der Waals surface area contributed by atoms with Gasteiger partial charge in [0.2, 0.25) is 0 Å². The van der Waals surface area contributed by atoms with E-state index in [-0.39, 0.29) is 11.1 Å². The van der Waals surface area contributed by atoms with Crippen LogP contribution in [0.4, 0.5) is 0 Å². The second-order valence-electron chi connectivity index (χ2n) is 6.53. The zero-order valence-corrected chi connectivity index (χ0v) is 17.0. The molecule has 1 fully saturated rings. The highest BCUT2D eigenvalue weighted by molar-refractivity contribution is 6.15. The molecular weight excluding hydrogens is 380 g/mol. The van der Waals surface area contributed by atoms with Gasteiger partial charge in [-0.05, 0) is 25.0 Å². The highest BCUT2D eigenvalue weighted by Gasteiger charge is 2.43. The molecule has 2 aliphatic heterocycles. The van der Waals surface area contributed by atoms with Crippen molar-refractivity contribution in [3.8, 4) is 0 Å². The Morgan fingerprint density at radius 3 is 1.69 bits per heavy atom. The molecule has 8 heteroatoms. The quantitative estimate of drug-likeness (QED) is 0.275. The van der Waals surface area contributed by atoms with E-state index in [1.807, 2.05) is 0 Å². The third-order valence-corrected chi connectivity index (χ3v) is 4.90. The van der Waals surface area contributed by atoms with Gasteiger partial charge in [-0.1, -0.05) is 45.9 Å². The summed E-state index contributed by atoms with van der Waals surface area (Å²) in [5.74, 6) is -5.49. The smallest absolute Gasteiger partial charge is 0.348 e. The molecule has 158 valence electrons. The first kappa shape index (κ1) is 22.3. The summed E-state index contributed by atoms with van der Waals surface area (Å²) < 4.78 is 21.0. The first-order chi connectivity index (χ1) is 13.7. The third kappa shape index (κ3) is 4.70. The van der Waals surface area contributed by atoms with E-state index in [2.05, 4.69) is 0 Å². The molecular formula is C21H25O8-. The number of allylic oxidation sites excluding steroid dienone is 4. The van der Waals surface area contributed by atoms with Gasteiger partial charge in [0.1, 0.15) is 5.57 Å². The first-order valence-corrected chi connectivity index (χ1v) is 9.60. The number of esters is 3. The predicted octanol–water partition coefficient (Wildman–Crippen LogP) is 2.30. The van der Waals surface area contributed by atoms with Gasteiger partial charge in [-0.25, -0.2) is 14.4 Å². The minimum absolute atomic E-state index is 0.244. The molecule has 0 unspecified atom stereocenters. The lowest BCUT2D eigenvalue weighted by Crippen LogP contribution is -2.45. The maximum Gasteiger partial charge on any atom is 0.348 e. The fraction of sp³-hybridized carbons (Fsp3) is 0.476. The highest BCUT2D eigenvalue weighted by Crippen LogP contribution is 2.31. The van der Waals surface area contributed by atoms with Crippen molar-refractivity contribution in [2.45, 2.75) is 65.0 Å². The Balaban J connectivity index is 2.08. The van der Waals surface area contributed by atoms with Gasteiger partial charge in [0, 0.05) is 12.8 Å². The van der Waals surface area contributed by atoms with Crippen LogP contribution in [0.25, 0.3) is 0 Å². The molecule has 0 aromatic heterocycles. The number of hydrogen-bond donors (Lipinski definition) is 0. The topological polar surface area (TPSA) is 111 Å². The largest absolute Gasteiger partial charge is 0.574 e. The maximum absolute atomic E-state index is 12.1. The van der Waals surface area contributed by atoms with E-state index in [9.17, 15) is 19.5 Å². The second kappa shape index (κ2) is 8.98. The number of carbonyl (C=O) groups excluding carboxylic acids is 3. The fourth-order valence-corrected chi connectivity index (χ4v) is 2.82. The summed E-state index contributed by atoms with van der Waals surface area (Å²) in [6.07, 6.45) is 8.12. The molecule has 0 aromatic rings. The number of cyclic esters (lactones) is 3. The van der Waals surface area contributed by atoms with E-state index in [4.69, 9.17) is 18.9 Å². The van der Waals surface area contributed by atoms with E-state index < -0.39 is 35.4 Å². The molecule has 0 N–H and O–H groups in total. The predicted molar refractivity (Wildman–Crippen MR) is 99.4 cm³/mol. The summed E-state index contributed by atoms with van der Waals surface area (Å²) in [5, 5.41) is 12.1. The van der Waals surface area contributed by atoms with Crippen LogP contribution in [-0.4, -0.2) is 29.5 Å². The lowest BCUT2D eigenvalue weighted by molar-refractivity contribution is -0.399. The van der Waals surface area contributed by atoms with Crippen molar-refractivity contribution in [1.82, 2.24) is 0 Å². The second-order valence-corrected chi connectivity index (χ2v) is 6.53. The van der Waals surface area contributed by atoms with Crippen LogP contribution in [0.5, 0.6) is 0 Å². The Morgan fingerprint density at radius 2 is 1.21 bits per heavy atom. The van der Waals surface area contributed by atoms with Crippen molar-refractivity contribution in [1.29, 1.82) is 0 Å². The van der Waals surface area contributed by atoms with Gasteiger partial charge in [0.15, 0.2) is 5.79 Å². The molecule has 1 saturated heterocycles. The molecule has 0 amide bonds. The lowest BCUT2D eigenvalue weighted by Gasteiger charge is -2.43. The van der Waals surface area contributed by atoms with Crippen LogP contribution in [0.3, 0.4) is 0 Å². The average molecular weight is 405 g/mol. The van der Waals surface area contributed by atoms with E-state index in [0.717, 1.165) is 0 Å². The van der Waals surface area contributed by atoms with E-state index in [1.54, 1.807) is 27.7 Å². The molecule has 0 radical (unpaired) electrons. The molecule has 2 rings (SSSR count). The van der Waals surface area contributed by atoms with Gasteiger partial charge in [-0.15, -0.1) is 0 Å². The Labute approximate surface area is 169 Å². The molecule has 8 nitrogen and oxygen atoms in total. The minimum atomic E-state index is -1.22. The van der Waals surface area contributed by atoms with Crippen molar-refractivity contribution >= 4 is 17.9 Å². The average Bonchev–Trinajstić information content (AvgIpc) is 2.70. The monoisotopic (exact) mass is 405 g/mol.